The summed E-state index contributed by atoms with van der Waals surface area (Å²) in [6.07, 6.45) is 4.44. The van der Waals surface area contributed by atoms with E-state index in [0.29, 0.717) is 31.5 Å². The van der Waals surface area contributed by atoms with Crippen molar-refractivity contribution >= 4 is 5.91 Å². The third kappa shape index (κ3) is 3.18. The van der Waals surface area contributed by atoms with E-state index in [0.717, 1.165) is 0 Å². The number of rotatable bonds is 3. The first kappa shape index (κ1) is 13.5. The normalized spacial score (nSPS) is 16.0. The van der Waals surface area contributed by atoms with Gasteiger partial charge in [-0.15, -0.1) is 0 Å². The number of aromatic amines is 1. The average Bonchev–Trinajstić information content (AvgIpc) is 3.01. The van der Waals surface area contributed by atoms with E-state index >= 15 is 0 Å². The number of likely N-dealkylation sites (tertiary alicyclic amines) is 1. The highest BCUT2D eigenvalue weighted by molar-refractivity contribution is 5.93. The van der Waals surface area contributed by atoms with Crippen LogP contribution in [-0.4, -0.2) is 45.2 Å². The number of piperidine rings is 1. The molecule has 0 spiro atoms. The highest BCUT2D eigenvalue weighted by Crippen LogP contribution is 2.18. The van der Waals surface area contributed by atoms with Crippen molar-refractivity contribution in [2.45, 2.75) is 18.9 Å². The Hall–Kier alpha value is -2.44. The highest BCUT2D eigenvalue weighted by Gasteiger charge is 2.25. The number of hydrogen-bond donors (Lipinski definition) is 1. The van der Waals surface area contributed by atoms with Crippen LogP contribution in [0.2, 0.25) is 0 Å². The monoisotopic (exact) mass is 290 g/mol. The minimum atomic E-state index is -0.555. The molecule has 0 bridgehead atoms. The van der Waals surface area contributed by atoms with Crippen LogP contribution in [0.15, 0.2) is 30.6 Å². The number of hydrogen-bond acceptors (Lipinski definition) is 4. The van der Waals surface area contributed by atoms with Crippen molar-refractivity contribution in [2.24, 2.45) is 0 Å². The number of nitrogens with zero attached hydrogens (tertiary/aromatic N) is 3. The second kappa shape index (κ2) is 5.90. The van der Waals surface area contributed by atoms with Crippen molar-refractivity contribution in [1.82, 2.24) is 20.1 Å². The molecule has 1 saturated heterocycles. The summed E-state index contributed by atoms with van der Waals surface area (Å²) in [6.45, 7) is 1.20. The second-order valence-electron chi connectivity index (χ2n) is 4.89. The van der Waals surface area contributed by atoms with Gasteiger partial charge in [-0.2, -0.15) is 14.5 Å². The van der Waals surface area contributed by atoms with E-state index in [4.69, 9.17) is 4.74 Å². The van der Waals surface area contributed by atoms with Gasteiger partial charge in [0.25, 0.3) is 5.91 Å². The molecule has 110 valence electrons. The first-order chi connectivity index (χ1) is 10.2. The Morgan fingerprint density at radius 1 is 1.38 bits per heavy atom. The largest absolute Gasteiger partial charge is 0.474 e. The number of carbonyl (C=O) groups is 1. The molecule has 3 rings (SSSR count). The van der Waals surface area contributed by atoms with Gasteiger partial charge in [0.2, 0.25) is 11.8 Å². The predicted molar refractivity (Wildman–Crippen MR) is 72.3 cm³/mol. The fourth-order valence-corrected chi connectivity index (χ4v) is 2.35. The van der Waals surface area contributed by atoms with Crippen LogP contribution < -0.4 is 4.74 Å². The summed E-state index contributed by atoms with van der Waals surface area (Å²) in [6, 6.07) is 4.47. The zero-order valence-electron chi connectivity index (χ0n) is 11.3. The van der Waals surface area contributed by atoms with Gasteiger partial charge in [0, 0.05) is 38.2 Å². The van der Waals surface area contributed by atoms with Crippen LogP contribution in [-0.2, 0) is 0 Å². The molecule has 6 nitrogen and oxygen atoms in total. The van der Waals surface area contributed by atoms with E-state index in [2.05, 4.69) is 15.2 Å². The van der Waals surface area contributed by atoms with Gasteiger partial charge in [-0.3, -0.25) is 9.89 Å². The van der Waals surface area contributed by atoms with E-state index in [1.165, 1.54) is 12.3 Å². The Morgan fingerprint density at radius 2 is 2.19 bits per heavy atom. The zero-order valence-corrected chi connectivity index (χ0v) is 11.3. The lowest BCUT2D eigenvalue weighted by molar-refractivity contribution is 0.0586. The van der Waals surface area contributed by atoms with Crippen LogP contribution in [0.1, 0.15) is 23.2 Å². The standard InChI is InChI=1S/C14H15FN4O2/c15-12-2-1-3-13(18-12)21-11-4-6-19(7-5-11)14(20)10-8-16-17-9-10/h1-3,8-9,11H,4-7H2,(H,16,17). The minimum absolute atomic E-state index is 0.0360. The summed E-state index contributed by atoms with van der Waals surface area (Å²) >= 11 is 0. The summed E-state index contributed by atoms with van der Waals surface area (Å²) in [5.74, 6) is -0.305. The van der Waals surface area contributed by atoms with Crippen LogP contribution in [0.3, 0.4) is 0 Å². The minimum Gasteiger partial charge on any atom is -0.474 e. The lowest BCUT2D eigenvalue weighted by Gasteiger charge is -2.31. The lowest BCUT2D eigenvalue weighted by Crippen LogP contribution is -2.41. The first-order valence-electron chi connectivity index (χ1n) is 6.79. The number of amides is 1. The Labute approximate surface area is 120 Å². The molecule has 2 aromatic rings. The Morgan fingerprint density at radius 3 is 2.86 bits per heavy atom. The molecule has 0 aliphatic carbocycles. The second-order valence-corrected chi connectivity index (χ2v) is 4.89. The molecule has 1 N–H and O–H groups in total. The van der Waals surface area contributed by atoms with Gasteiger partial charge in [0.05, 0.1) is 11.8 Å². The number of halogens is 1. The fourth-order valence-electron chi connectivity index (χ4n) is 2.35. The highest BCUT2D eigenvalue weighted by atomic mass is 19.1. The third-order valence-corrected chi connectivity index (χ3v) is 3.45. The number of aromatic nitrogens is 3. The van der Waals surface area contributed by atoms with Gasteiger partial charge in [-0.25, -0.2) is 0 Å². The number of nitrogens with one attached hydrogen (secondary N) is 1. The van der Waals surface area contributed by atoms with Crippen molar-refractivity contribution in [3.8, 4) is 5.88 Å². The zero-order chi connectivity index (χ0) is 14.7. The maximum absolute atomic E-state index is 13.0. The Bertz CT molecular complexity index is 609. The molecule has 7 heteroatoms. The van der Waals surface area contributed by atoms with Gasteiger partial charge >= 0.3 is 0 Å². The maximum atomic E-state index is 13.0. The van der Waals surface area contributed by atoms with Crippen molar-refractivity contribution in [3.05, 3.63) is 42.1 Å². The molecule has 3 heterocycles. The molecular weight excluding hydrogens is 275 g/mol. The summed E-state index contributed by atoms with van der Waals surface area (Å²) in [4.78, 5) is 17.6. The molecule has 0 aromatic carbocycles. The van der Waals surface area contributed by atoms with Crippen LogP contribution in [0.5, 0.6) is 5.88 Å². The summed E-state index contributed by atoms with van der Waals surface area (Å²) in [7, 11) is 0. The molecule has 1 amide bonds. The van der Waals surface area contributed by atoms with Crippen molar-refractivity contribution in [3.63, 3.8) is 0 Å². The molecule has 0 atom stereocenters. The quantitative estimate of drug-likeness (QED) is 0.872. The molecule has 1 fully saturated rings. The number of ether oxygens (including phenoxy) is 1. The van der Waals surface area contributed by atoms with Crippen LogP contribution in [0.25, 0.3) is 0 Å². The molecule has 1 aliphatic heterocycles. The first-order valence-corrected chi connectivity index (χ1v) is 6.79. The maximum Gasteiger partial charge on any atom is 0.257 e. The number of pyridine rings is 1. The van der Waals surface area contributed by atoms with Gasteiger partial charge in [-0.05, 0) is 6.07 Å². The van der Waals surface area contributed by atoms with Gasteiger partial charge in [0.1, 0.15) is 6.10 Å². The van der Waals surface area contributed by atoms with E-state index in [1.807, 2.05) is 0 Å². The van der Waals surface area contributed by atoms with Gasteiger partial charge < -0.3 is 9.64 Å². The smallest absolute Gasteiger partial charge is 0.257 e. The molecule has 1 aliphatic rings. The van der Waals surface area contributed by atoms with Crippen LogP contribution in [0, 0.1) is 5.95 Å². The van der Waals surface area contributed by atoms with E-state index in [9.17, 15) is 9.18 Å². The van der Waals surface area contributed by atoms with E-state index in [-0.39, 0.29) is 17.9 Å². The van der Waals surface area contributed by atoms with Crippen molar-refractivity contribution in [1.29, 1.82) is 0 Å². The molecule has 0 unspecified atom stereocenters. The predicted octanol–water partition coefficient (Wildman–Crippen LogP) is 1.63. The van der Waals surface area contributed by atoms with E-state index < -0.39 is 5.95 Å². The summed E-state index contributed by atoms with van der Waals surface area (Å²) in [5, 5.41) is 6.41. The SMILES string of the molecule is O=C(c1cn[nH]c1)N1CCC(Oc2cccc(F)n2)CC1. The van der Waals surface area contributed by atoms with Gasteiger partial charge in [0.15, 0.2) is 0 Å². The van der Waals surface area contributed by atoms with Crippen LogP contribution in [0.4, 0.5) is 4.39 Å². The fraction of sp³-hybridized carbons (Fsp3) is 0.357. The lowest BCUT2D eigenvalue weighted by atomic mass is 10.1. The third-order valence-electron chi connectivity index (χ3n) is 3.45. The number of H-pyrrole nitrogens is 1. The van der Waals surface area contributed by atoms with Gasteiger partial charge in [-0.1, -0.05) is 6.07 Å². The molecule has 21 heavy (non-hydrogen) atoms. The number of carbonyl (C=O) groups excluding carboxylic acids is 1. The Kier molecular flexibility index (Phi) is 3.81. The summed E-state index contributed by atoms with van der Waals surface area (Å²) in [5.41, 5.74) is 0.557. The van der Waals surface area contributed by atoms with Crippen molar-refractivity contribution < 1.29 is 13.9 Å². The molecule has 0 radical (unpaired) electrons. The average molecular weight is 290 g/mol. The van der Waals surface area contributed by atoms with Crippen LogP contribution >= 0.6 is 0 Å². The molecule has 0 saturated carbocycles. The van der Waals surface area contributed by atoms with Crippen molar-refractivity contribution in [2.75, 3.05) is 13.1 Å². The molecule has 2 aromatic heterocycles. The molecular formula is C14H15FN4O2. The summed E-state index contributed by atoms with van der Waals surface area (Å²) < 4.78 is 18.6. The topological polar surface area (TPSA) is 71.1 Å². The Balaban J connectivity index is 1.54. The van der Waals surface area contributed by atoms with E-state index in [1.54, 1.807) is 23.2 Å².